The maximum atomic E-state index is 12.5. The fourth-order valence-corrected chi connectivity index (χ4v) is 4.92. The van der Waals surface area contributed by atoms with Crippen LogP contribution < -0.4 is 15.0 Å². The van der Waals surface area contributed by atoms with Gasteiger partial charge in [-0.1, -0.05) is 44.2 Å². The zero-order chi connectivity index (χ0) is 29.1. The van der Waals surface area contributed by atoms with Crippen LogP contribution in [0.3, 0.4) is 0 Å². The lowest BCUT2D eigenvalue weighted by Gasteiger charge is -2.41. The van der Waals surface area contributed by atoms with Crippen molar-refractivity contribution in [2.45, 2.75) is 59.0 Å². The molecule has 1 aliphatic carbocycles. The van der Waals surface area contributed by atoms with Crippen LogP contribution in [0.15, 0.2) is 78.5 Å². The van der Waals surface area contributed by atoms with E-state index in [1.165, 1.54) is 30.6 Å². The summed E-state index contributed by atoms with van der Waals surface area (Å²) >= 11 is 0. The van der Waals surface area contributed by atoms with Gasteiger partial charge in [0.2, 0.25) is 0 Å². The van der Waals surface area contributed by atoms with Crippen molar-refractivity contribution in [2.75, 3.05) is 19.8 Å². The number of aromatic nitrogens is 3. The van der Waals surface area contributed by atoms with Gasteiger partial charge in [-0.2, -0.15) is 5.10 Å². The second-order valence-electron chi connectivity index (χ2n) is 10.4. The molecule has 1 heterocycles. The number of hydrogen-bond acceptors (Lipinski definition) is 7. The standard InChI is InChI=1S/C30H37F3N4O4/c1-3-16-40-36-28-27(18-37-22-34-21-35-37)24(20-39-25-9-11-26(12-10-25)41-30(31,32)33)13-14-29(28,2)15-17-38-19-23-7-5-4-6-8-23/h4-12,21-22,24,36H,3,13-20H2,1-2H3/t24-,29-/m0/s1. The number of rotatable bonds is 15. The SMILES string of the molecule is CCCONC1=C(Cn2cncn2)[C@H](COc2ccc(OC(F)(F)F)cc2)CC[C@@]1(C)CCOCc1ccccc1. The topological polar surface area (TPSA) is 79.7 Å². The molecule has 4 rings (SSSR count). The first-order valence-corrected chi connectivity index (χ1v) is 13.8. The summed E-state index contributed by atoms with van der Waals surface area (Å²) in [6.45, 7) is 6.76. The minimum atomic E-state index is -4.74. The third-order valence-electron chi connectivity index (χ3n) is 7.16. The molecule has 0 bridgehead atoms. The number of nitrogens with one attached hydrogen (secondary N) is 1. The summed E-state index contributed by atoms with van der Waals surface area (Å²) < 4.78 is 55.4. The molecule has 0 saturated heterocycles. The van der Waals surface area contributed by atoms with Gasteiger partial charge in [0, 0.05) is 23.6 Å². The van der Waals surface area contributed by atoms with Crippen LogP contribution in [-0.4, -0.2) is 40.9 Å². The summed E-state index contributed by atoms with van der Waals surface area (Å²) in [5.41, 5.74) is 6.23. The van der Waals surface area contributed by atoms with Crippen molar-refractivity contribution >= 4 is 0 Å². The summed E-state index contributed by atoms with van der Waals surface area (Å²) in [5, 5.41) is 4.32. The molecule has 0 amide bonds. The molecule has 0 fully saturated rings. The number of ether oxygens (including phenoxy) is 3. The highest BCUT2D eigenvalue weighted by atomic mass is 19.4. The molecule has 3 aromatic rings. The van der Waals surface area contributed by atoms with Gasteiger partial charge in [0.25, 0.3) is 0 Å². The smallest absolute Gasteiger partial charge is 0.493 e. The maximum absolute atomic E-state index is 12.5. The summed E-state index contributed by atoms with van der Waals surface area (Å²) in [6.07, 6.45) is 1.78. The van der Waals surface area contributed by atoms with Crippen LogP contribution in [0, 0.1) is 11.3 Å². The lowest BCUT2D eigenvalue weighted by molar-refractivity contribution is -0.274. The quantitative estimate of drug-likeness (QED) is 0.165. The van der Waals surface area contributed by atoms with Gasteiger partial charge in [-0.3, -0.25) is 10.3 Å². The number of alkyl halides is 3. The van der Waals surface area contributed by atoms with Crippen LogP contribution in [0.1, 0.15) is 45.1 Å². The number of halogens is 3. The van der Waals surface area contributed by atoms with Crippen molar-refractivity contribution in [1.82, 2.24) is 20.2 Å². The monoisotopic (exact) mass is 574 g/mol. The highest BCUT2D eigenvalue weighted by Crippen LogP contribution is 2.45. The third kappa shape index (κ3) is 9.22. The van der Waals surface area contributed by atoms with Gasteiger partial charge < -0.3 is 14.2 Å². The molecule has 8 nitrogen and oxygen atoms in total. The second kappa shape index (κ2) is 14.4. The number of benzene rings is 2. The van der Waals surface area contributed by atoms with Gasteiger partial charge >= 0.3 is 6.36 Å². The first-order chi connectivity index (χ1) is 19.8. The van der Waals surface area contributed by atoms with E-state index in [9.17, 15) is 13.2 Å². The average Bonchev–Trinajstić information content (AvgIpc) is 3.46. The molecule has 2 aromatic carbocycles. The van der Waals surface area contributed by atoms with Gasteiger partial charge in [-0.05, 0) is 61.1 Å². The van der Waals surface area contributed by atoms with E-state index in [0.717, 1.165) is 42.5 Å². The van der Waals surface area contributed by atoms with Crippen LogP contribution in [0.4, 0.5) is 13.2 Å². The van der Waals surface area contributed by atoms with Crippen LogP contribution in [0.2, 0.25) is 0 Å². The van der Waals surface area contributed by atoms with Crippen LogP contribution in [-0.2, 0) is 22.7 Å². The largest absolute Gasteiger partial charge is 0.573 e. The van der Waals surface area contributed by atoms with E-state index < -0.39 is 6.36 Å². The Hall–Kier alpha value is -3.57. The molecular formula is C30H37F3N4O4. The normalized spacial score (nSPS) is 19.3. The molecule has 41 heavy (non-hydrogen) atoms. The van der Waals surface area contributed by atoms with Gasteiger partial charge in [0.1, 0.15) is 24.2 Å². The number of nitrogens with zero attached hydrogens (tertiary/aromatic N) is 3. The van der Waals surface area contributed by atoms with E-state index >= 15 is 0 Å². The molecule has 1 aliphatic rings. The summed E-state index contributed by atoms with van der Waals surface area (Å²) in [4.78, 5) is 9.97. The zero-order valence-corrected chi connectivity index (χ0v) is 23.4. The first-order valence-electron chi connectivity index (χ1n) is 13.8. The Labute approximate surface area is 238 Å². The predicted octanol–water partition coefficient (Wildman–Crippen LogP) is 6.46. The fraction of sp³-hybridized carbons (Fsp3) is 0.467. The van der Waals surface area contributed by atoms with Crippen molar-refractivity contribution in [3.63, 3.8) is 0 Å². The molecule has 0 saturated carbocycles. The van der Waals surface area contributed by atoms with Gasteiger partial charge in [0.15, 0.2) is 0 Å². The van der Waals surface area contributed by atoms with Crippen molar-refractivity contribution in [1.29, 1.82) is 0 Å². The van der Waals surface area contributed by atoms with Gasteiger partial charge in [-0.15, -0.1) is 13.2 Å². The van der Waals surface area contributed by atoms with Crippen molar-refractivity contribution < 1.29 is 32.2 Å². The van der Waals surface area contributed by atoms with Crippen molar-refractivity contribution in [2.24, 2.45) is 11.3 Å². The molecular weight excluding hydrogens is 537 g/mol. The van der Waals surface area contributed by atoms with Crippen LogP contribution in [0.25, 0.3) is 0 Å². The van der Waals surface area contributed by atoms with Crippen LogP contribution in [0.5, 0.6) is 11.5 Å². The van der Waals surface area contributed by atoms with E-state index in [4.69, 9.17) is 14.3 Å². The van der Waals surface area contributed by atoms with Crippen molar-refractivity contribution in [3.05, 3.63) is 84.1 Å². The number of allylic oxidation sites excluding steroid dienone is 1. The number of hydroxylamine groups is 1. The minimum Gasteiger partial charge on any atom is -0.493 e. The zero-order valence-electron chi connectivity index (χ0n) is 23.4. The minimum absolute atomic E-state index is 0.0105. The molecule has 0 unspecified atom stereocenters. The maximum Gasteiger partial charge on any atom is 0.573 e. The molecule has 222 valence electrons. The van der Waals surface area contributed by atoms with E-state index in [0.29, 0.717) is 38.7 Å². The highest BCUT2D eigenvalue weighted by molar-refractivity contribution is 5.32. The lowest BCUT2D eigenvalue weighted by atomic mass is 9.69. The molecule has 1 aromatic heterocycles. The fourth-order valence-electron chi connectivity index (χ4n) is 4.92. The second-order valence-corrected chi connectivity index (χ2v) is 10.4. The van der Waals surface area contributed by atoms with E-state index in [1.54, 1.807) is 11.0 Å². The van der Waals surface area contributed by atoms with Gasteiger partial charge in [0.05, 0.1) is 26.4 Å². The third-order valence-corrected chi connectivity index (χ3v) is 7.16. The lowest BCUT2D eigenvalue weighted by Crippen LogP contribution is -2.39. The molecule has 0 radical (unpaired) electrons. The molecule has 0 aliphatic heterocycles. The van der Waals surface area contributed by atoms with Gasteiger partial charge in [-0.25, -0.2) is 9.67 Å². The van der Waals surface area contributed by atoms with Crippen molar-refractivity contribution in [3.8, 4) is 11.5 Å². The Morgan fingerprint density at radius 3 is 2.49 bits per heavy atom. The van der Waals surface area contributed by atoms with Crippen LogP contribution >= 0.6 is 0 Å². The Bertz CT molecular complexity index is 1220. The molecule has 0 spiro atoms. The van der Waals surface area contributed by atoms with E-state index in [2.05, 4.69) is 27.2 Å². The summed E-state index contributed by atoms with van der Waals surface area (Å²) in [6, 6.07) is 15.5. The molecule has 11 heteroatoms. The molecule has 1 N–H and O–H groups in total. The Morgan fingerprint density at radius 2 is 1.80 bits per heavy atom. The Morgan fingerprint density at radius 1 is 1.05 bits per heavy atom. The van der Waals surface area contributed by atoms with E-state index in [1.807, 2.05) is 37.3 Å². The molecule has 2 atom stereocenters. The van der Waals surface area contributed by atoms with E-state index in [-0.39, 0.29) is 17.1 Å². The highest BCUT2D eigenvalue weighted by Gasteiger charge is 2.39. The Balaban J connectivity index is 1.51. The first kappa shape index (κ1) is 30.4. The average molecular weight is 575 g/mol. The predicted molar refractivity (Wildman–Crippen MR) is 147 cm³/mol. The summed E-state index contributed by atoms with van der Waals surface area (Å²) in [7, 11) is 0. The summed E-state index contributed by atoms with van der Waals surface area (Å²) in [5.74, 6) is 0.175. The Kier molecular flexibility index (Phi) is 10.6. The number of hydrogen-bond donors (Lipinski definition) is 1.